The first kappa shape index (κ1) is 13.5. The number of carbonyl (C=O) groups excluding carboxylic acids is 1. The van der Waals surface area contributed by atoms with E-state index < -0.39 is 0 Å². The van der Waals surface area contributed by atoms with E-state index in [1.165, 1.54) is 11.1 Å². The molecule has 0 aliphatic heterocycles. The Morgan fingerprint density at radius 2 is 1.89 bits per heavy atom. The van der Waals surface area contributed by atoms with Crippen molar-refractivity contribution in [1.29, 1.82) is 0 Å². The zero-order chi connectivity index (χ0) is 14.0. The summed E-state index contributed by atoms with van der Waals surface area (Å²) in [7, 11) is 1.83. The van der Waals surface area contributed by atoms with Gasteiger partial charge in [0.15, 0.2) is 5.78 Å². The number of nitrogens with zero attached hydrogens (tertiary/aromatic N) is 2. The fraction of sp³-hybridized carbons (Fsp3) is 0.375. The summed E-state index contributed by atoms with van der Waals surface area (Å²) in [6.45, 7) is 6.15. The molecule has 0 saturated carbocycles. The van der Waals surface area contributed by atoms with Gasteiger partial charge in [-0.2, -0.15) is 5.10 Å². The molecule has 0 spiro atoms. The summed E-state index contributed by atoms with van der Waals surface area (Å²) in [5, 5.41) is 4.33. The number of aromatic nitrogens is 2. The Morgan fingerprint density at radius 1 is 1.26 bits per heavy atom. The third kappa shape index (κ3) is 2.75. The highest BCUT2D eigenvalue weighted by molar-refractivity contribution is 5.96. The van der Waals surface area contributed by atoms with Crippen LogP contribution in [0.1, 0.15) is 39.8 Å². The summed E-state index contributed by atoms with van der Waals surface area (Å²) in [5.41, 5.74) is 5.14. The van der Waals surface area contributed by atoms with E-state index in [0.29, 0.717) is 12.1 Å². The van der Waals surface area contributed by atoms with Crippen LogP contribution in [0.3, 0.4) is 0 Å². The average Bonchev–Trinajstić information content (AvgIpc) is 2.75. The predicted octanol–water partition coefficient (Wildman–Crippen LogP) is 3.02. The molecular formula is C16H20N2O. The summed E-state index contributed by atoms with van der Waals surface area (Å²) in [6.07, 6.45) is 1.30. The standard InChI is InChI=1S/C16H20N2O/c1-5-13-9-15(18(4)17-13)16(19)10-14-11(2)7-6-8-12(14)3/h6-9H,5,10H2,1-4H3. The van der Waals surface area contributed by atoms with Gasteiger partial charge in [-0.3, -0.25) is 9.48 Å². The summed E-state index contributed by atoms with van der Waals surface area (Å²) in [5.74, 6) is 0.132. The van der Waals surface area contributed by atoms with Crippen molar-refractivity contribution in [2.75, 3.05) is 0 Å². The minimum Gasteiger partial charge on any atom is -0.292 e. The molecule has 3 heteroatoms. The van der Waals surface area contributed by atoms with Crippen molar-refractivity contribution in [3.63, 3.8) is 0 Å². The molecule has 0 aliphatic carbocycles. The summed E-state index contributed by atoms with van der Waals surface area (Å²) >= 11 is 0. The van der Waals surface area contributed by atoms with Crippen molar-refractivity contribution in [3.05, 3.63) is 52.3 Å². The molecule has 0 aliphatic rings. The van der Waals surface area contributed by atoms with Gasteiger partial charge in [-0.1, -0.05) is 25.1 Å². The molecule has 19 heavy (non-hydrogen) atoms. The highest BCUT2D eigenvalue weighted by Crippen LogP contribution is 2.16. The van der Waals surface area contributed by atoms with Gasteiger partial charge in [0.1, 0.15) is 5.69 Å². The third-order valence-electron chi connectivity index (χ3n) is 3.56. The quantitative estimate of drug-likeness (QED) is 0.788. The molecule has 0 saturated heterocycles. The van der Waals surface area contributed by atoms with Crippen molar-refractivity contribution >= 4 is 5.78 Å². The maximum atomic E-state index is 12.4. The van der Waals surface area contributed by atoms with Crippen LogP contribution in [0.25, 0.3) is 0 Å². The Morgan fingerprint density at radius 3 is 2.42 bits per heavy atom. The fourth-order valence-corrected chi connectivity index (χ4v) is 2.34. The molecule has 100 valence electrons. The normalized spacial score (nSPS) is 10.7. The van der Waals surface area contributed by atoms with Crippen LogP contribution in [0.4, 0.5) is 0 Å². The molecule has 0 radical (unpaired) electrons. The lowest BCUT2D eigenvalue weighted by molar-refractivity contribution is 0.0983. The zero-order valence-corrected chi connectivity index (χ0v) is 12.0. The van der Waals surface area contributed by atoms with Gasteiger partial charge in [0, 0.05) is 13.5 Å². The highest BCUT2D eigenvalue weighted by atomic mass is 16.1. The molecule has 0 fully saturated rings. The van der Waals surface area contributed by atoms with Crippen LogP contribution >= 0.6 is 0 Å². The number of carbonyl (C=O) groups is 1. The minimum atomic E-state index is 0.132. The van der Waals surface area contributed by atoms with Crippen molar-refractivity contribution < 1.29 is 4.79 Å². The molecule has 0 N–H and O–H groups in total. The summed E-state index contributed by atoms with van der Waals surface area (Å²) in [6, 6.07) is 8.03. The maximum Gasteiger partial charge on any atom is 0.185 e. The zero-order valence-electron chi connectivity index (χ0n) is 12.0. The van der Waals surface area contributed by atoms with E-state index in [4.69, 9.17) is 0 Å². The van der Waals surface area contributed by atoms with Crippen LogP contribution in [0.15, 0.2) is 24.3 Å². The first-order valence-corrected chi connectivity index (χ1v) is 6.64. The number of Topliss-reactive ketones (excluding diaryl/α,β-unsaturated/α-hetero) is 1. The van der Waals surface area contributed by atoms with E-state index in [2.05, 4.69) is 31.1 Å². The Hall–Kier alpha value is -1.90. The van der Waals surface area contributed by atoms with Crippen LogP contribution in [0, 0.1) is 13.8 Å². The largest absolute Gasteiger partial charge is 0.292 e. The van der Waals surface area contributed by atoms with E-state index in [-0.39, 0.29) is 5.78 Å². The second kappa shape index (κ2) is 5.39. The molecule has 0 bridgehead atoms. The second-order valence-corrected chi connectivity index (χ2v) is 4.97. The third-order valence-corrected chi connectivity index (χ3v) is 3.56. The van der Waals surface area contributed by atoms with Crippen molar-refractivity contribution in [2.45, 2.75) is 33.6 Å². The smallest absolute Gasteiger partial charge is 0.185 e. The molecule has 1 aromatic carbocycles. The molecule has 0 unspecified atom stereocenters. The average molecular weight is 256 g/mol. The summed E-state index contributed by atoms with van der Waals surface area (Å²) in [4.78, 5) is 12.4. The first-order chi connectivity index (χ1) is 9.02. The van der Waals surface area contributed by atoms with Crippen LogP contribution in [-0.4, -0.2) is 15.6 Å². The lowest BCUT2D eigenvalue weighted by Gasteiger charge is -2.08. The van der Waals surface area contributed by atoms with E-state index in [1.807, 2.05) is 26.1 Å². The van der Waals surface area contributed by atoms with Gasteiger partial charge in [-0.25, -0.2) is 0 Å². The molecule has 2 rings (SSSR count). The molecule has 2 aromatic rings. The SMILES string of the molecule is CCc1cc(C(=O)Cc2c(C)cccc2C)n(C)n1. The Balaban J connectivity index is 2.28. The Kier molecular flexibility index (Phi) is 3.84. The molecule has 0 atom stereocenters. The number of hydrogen-bond donors (Lipinski definition) is 0. The lowest BCUT2D eigenvalue weighted by Crippen LogP contribution is -2.11. The van der Waals surface area contributed by atoms with Gasteiger partial charge < -0.3 is 0 Å². The number of benzene rings is 1. The van der Waals surface area contributed by atoms with E-state index in [0.717, 1.165) is 17.7 Å². The van der Waals surface area contributed by atoms with Crippen molar-refractivity contribution in [3.8, 4) is 0 Å². The molecular weight excluding hydrogens is 236 g/mol. The van der Waals surface area contributed by atoms with E-state index >= 15 is 0 Å². The molecule has 3 nitrogen and oxygen atoms in total. The summed E-state index contributed by atoms with van der Waals surface area (Å²) < 4.78 is 1.69. The van der Waals surface area contributed by atoms with Crippen LogP contribution < -0.4 is 0 Å². The second-order valence-electron chi connectivity index (χ2n) is 4.97. The van der Waals surface area contributed by atoms with Gasteiger partial charge in [0.05, 0.1) is 5.69 Å². The van der Waals surface area contributed by atoms with Crippen molar-refractivity contribution in [1.82, 2.24) is 9.78 Å². The molecule has 1 aromatic heterocycles. The monoisotopic (exact) mass is 256 g/mol. The molecule has 0 amide bonds. The van der Waals surface area contributed by atoms with Crippen LogP contribution in [-0.2, 0) is 19.9 Å². The number of hydrogen-bond acceptors (Lipinski definition) is 2. The topological polar surface area (TPSA) is 34.9 Å². The number of aryl methyl sites for hydroxylation is 4. The number of rotatable bonds is 4. The van der Waals surface area contributed by atoms with Crippen LogP contribution in [0.5, 0.6) is 0 Å². The van der Waals surface area contributed by atoms with Crippen LogP contribution in [0.2, 0.25) is 0 Å². The van der Waals surface area contributed by atoms with Gasteiger partial charge in [-0.05, 0) is 43.0 Å². The van der Waals surface area contributed by atoms with Crippen molar-refractivity contribution in [2.24, 2.45) is 7.05 Å². The predicted molar refractivity (Wildman–Crippen MR) is 76.5 cm³/mol. The first-order valence-electron chi connectivity index (χ1n) is 6.64. The fourth-order valence-electron chi connectivity index (χ4n) is 2.34. The molecule has 1 heterocycles. The van der Waals surface area contributed by atoms with Gasteiger partial charge in [0.2, 0.25) is 0 Å². The lowest BCUT2D eigenvalue weighted by atomic mass is 9.97. The maximum absolute atomic E-state index is 12.4. The highest BCUT2D eigenvalue weighted by Gasteiger charge is 2.15. The Labute approximate surface area is 114 Å². The number of ketones is 1. The van der Waals surface area contributed by atoms with Gasteiger partial charge in [0.25, 0.3) is 0 Å². The Bertz CT molecular complexity index is 591. The minimum absolute atomic E-state index is 0.132. The van der Waals surface area contributed by atoms with E-state index in [1.54, 1.807) is 4.68 Å². The van der Waals surface area contributed by atoms with Gasteiger partial charge in [-0.15, -0.1) is 0 Å². The van der Waals surface area contributed by atoms with E-state index in [9.17, 15) is 4.79 Å². The van der Waals surface area contributed by atoms with Gasteiger partial charge >= 0.3 is 0 Å².